The van der Waals surface area contributed by atoms with Gasteiger partial charge < -0.3 is 5.48 Å². The van der Waals surface area contributed by atoms with E-state index in [9.17, 15) is 0 Å². The van der Waals surface area contributed by atoms with E-state index in [4.69, 9.17) is 0 Å². The van der Waals surface area contributed by atoms with Crippen molar-refractivity contribution in [2.45, 2.75) is 0 Å². The average molecular weight is 89.0 g/mol. The Labute approximate surface area is 31.7 Å². The van der Waals surface area contributed by atoms with E-state index in [-0.39, 0.29) is 5.48 Å². The van der Waals surface area contributed by atoms with Gasteiger partial charge in [0.15, 0.2) is 0 Å². The van der Waals surface area contributed by atoms with Crippen LogP contribution in [0.2, 0.25) is 0 Å². The molecule has 1 aliphatic heterocycles. The number of rotatable bonds is 0. The number of nitrogens with zero attached hydrogens (tertiary/aromatic N) is 1. The van der Waals surface area contributed by atoms with Crippen molar-refractivity contribution in [3.63, 3.8) is 0 Å². The molecule has 2 nitrogen and oxygen atoms in total. The fourth-order valence-electron chi connectivity index (χ4n) is 0.0667. The van der Waals surface area contributed by atoms with E-state index in [1.807, 2.05) is 5.82 Å². The predicted molar refractivity (Wildman–Crippen MR) is 22.1 cm³/mol. The molecule has 1 aliphatic rings. The van der Waals surface area contributed by atoms with E-state index in [0.29, 0.717) is 0 Å². The van der Waals surface area contributed by atoms with Crippen LogP contribution in [0.4, 0.5) is 0 Å². The fraction of sp³-hybridized carbons (Fsp3) is 0. The van der Waals surface area contributed by atoms with Crippen LogP contribution in [-0.4, -0.2) is 5.48 Å². The largest absolute Gasteiger partial charge is 0.412 e. The van der Waals surface area contributed by atoms with Crippen molar-refractivity contribution < 1.29 is 5.48 Å². The lowest BCUT2D eigenvalue weighted by Crippen LogP contribution is -1.41. The normalized spacial score (nSPS) is 16.0. The Morgan fingerprint density at radius 1 is 1.60 bits per heavy atom. The molecule has 0 amide bonds. The van der Waals surface area contributed by atoms with E-state index in [1.165, 1.54) is 0 Å². The second-order valence-corrected chi connectivity index (χ2v) is 1.29. The topological polar surface area (TPSA) is 43.9 Å². The van der Waals surface area contributed by atoms with Crippen molar-refractivity contribution in [2.75, 3.05) is 0 Å². The number of hydrogen-bond acceptors (Lipinski definition) is 1. The van der Waals surface area contributed by atoms with Gasteiger partial charge in [-0.2, -0.15) is 0 Å². The summed E-state index contributed by atoms with van der Waals surface area (Å²) in [5, 5.41) is 0. The summed E-state index contributed by atoms with van der Waals surface area (Å²) >= 11 is 0. The van der Waals surface area contributed by atoms with E-state index in [1.54, 1.807) is 6.20 Å². The average Bonchev–Trinajstić information content (AvgIpc) is 0.722. The van der Waals surface area contributed by atoms with Gasteiger partial charge in [-0.25, -0.2) is 4.74 Å². The molecule has 0 spiro atoms. The molecule has 0 aliphatic carbocycles. The lowest BCUT2D eigenvalue weighted by Gasteiger charge is -1.75. The van der Waals surface area contributed by atoms with Crippen molar-refractivity contribution in [2.24, 2.45) is 4.74 Å². The van der Waals surface area contributed by atoms with Crippen LogP contribution in [0.3, 0.4) is 0 Å². The van der Waals surface area contributed by atoms with E-state index < -0.39 is 0 Å². The molecule has 0 bridgehead atoms. The van der Waals surface area contributed by atoms with Crippen LogP contribution < -0.4 is 0 Å². The molecule has 28 valence electrons. The minimum Gasteiger partial charge on any atom is -0.412 e. The van der Waals surface area contributed by atoms with E-state index >= 15 is 0 Å². The highest BCUT2D eigenvalue weighted by Crippen LogP contribution is 2.10. The second kappa shape index (κ2) is 2.06. The number of hydrogen-bond donors (Lipinski definition) is 0. The Morgan fingerprint density at radius 2 is 1.80 bits per heavy atom. The van der Waals surface area contributed by atoms with Crippen molar-refractivity contribution in [1.82, 2.24) is 0 Å². The van der Waals surface area contributed by atoms with Crippen molar-refractivity contribution in [3.05, 3.63) is 12.0 Å². The van der Waals surface area contributed by atoms with Crippen LogP contribution >= 0.6 is 8.37 Å². The van der Waals surface area contributed by atoms with Gasteiger partial charge in [-0.3, -0.25) is 0 Å². The van der Waals surface area contributed by atoms with Crippen molar-refractivity contribution in [3.8, 4) is 0 Å². The highest BCUT2D eigenvalue weighted by molar-refractivity contribution is 7.32. The Balaban J connectivity index is 0.000000160. The molecule has 0 unspecified atom stereocenters. The SMILES string of the molecule is C1=CP=N1.O. The third-order valence-electron chi connectivity index (χ3n) is 0.267. The first-order chi connectivity index (χ1) is 2.00. The summed E-state index contributed by atoms with van der Waals surface area (Å²) in [6.45, 7) is 0. The van der Waals surface area contributed by atoms with E-state index in [0.717, 1.165) is 8.37 Å². The fourth-order valence-corrected chi connectivity index (χ4v) is 0.200. The van der Waals surface area contributed by atoms with E-state index in [2.05, 4.69) is 4.74 Å². The molecule has 1 heterocycles. The zero-order valence-electron chi connectivity index (χ0n) is 2.55. The van der Waals surface area contributed by atoms with Crippen LogP contribution in [-0.2, 0) is 0 Å². The smallest absolute Gasteiger partial charge is 0.0388 e. The summed E-state index contributed by atoms with van der Waals surface area (Å²) in [6, 6.07) is 0. The minimum absolute atomic E-state index is 0. The Kier molecular flexibility index (Phi) is 1.98. The Morgan fingerprint density at radius 3 is 1.80 bits per heavy atom. The van der Waals surface area contributed by atoms with Crippen molar-refractivity contribution in [1.29, 1.82) is 0 Å². The molecule has 0 aromatic rings. The van der Waals surface area contributed by atoms with Gasteiger partial charge in [0.05, 0.1) is 0 Å². The molecule has 1 rings (SSSR count). The lowest BCUT2D eigenvalue weighted by molar-refractivity contribution is 0.824. The summed E-state index contributed by atoms with van der Waals surface area (Å²) in [5.74, 6) is 1.99. The van der Waals surface area contributed by atoms with Gasteiger partial charge in [-0.05, 0) is 0 Å². The molecule has 0 fully saturated rings. The van der Waals surface area contributed by atoms with Crippen LogP contribution in [0.1, 0.15) is 0 Å². The third-order valence-corrected chi connectivity index (χ3v) is 0.800. The maximum absolute atomic E-state index is 3.71. The van der Waals surface area contributed by atoms with Crippen LogP contribution in [0, 0.1) is 0 Å². The van der Waals surface area contributed by atoms with Crippen LogP contribution in [0.15, 0.2) is 16.8 Å². The maximum atomic E-state index is 3.71. The molecule has 2 N–H and O–H groups in total. The standard InChI is InChI=1S/C2H2NP.H2O/c1-2-4-3-1;/h1-2H;1H2. The first kappa shape index (κ1) is 4.80. The molecule has 0 radical (unpaired) electrons. The molecular weight excluding hydrogens is 85.0 g/mol. The zero-order chi connectivity index (χ0) is 2.83. The molecule has 5 heavy (non-hydrogen) atoms. The van der Waals surface area contributed by atoms with Crippen molar-refractivity contribution >= 4 is 8.37 Å². The highest BCUT2D eigenvalue weighted by atomic mass is 31.1. The Bertz CT molecular complexity index is 50.0. The molecule has 0 aromatic carbocycles. The monoisotopic (exact) mass is 89.0 g/mol. The van der Waals surface area contributed by atoms with Gasteiger partial charge >= 0.3 is 0 Å². The molecule has 0 aromatic heterocycles. The first-order valence-corrected chi connectivity index (χ1v) is 1.97. The van der Waals surface area contributed by atoms with Gasteiger partial charge in [-0.15, -0.1) is 0 Å². The molecule has 0 atom stereocenters. The summed E-state index contributed by atoms with van der Waals surface area (Å²) in [4.78, 5) is 0. The van der Waals surface area contributed by atoms with Gasteiger partial charge in [0, 0.05) is 20.4 Å². The third kappa shape index (κ3) is 0.853. The quantitative estimate of drug-likeness (QED) is 0.393. The lowest BCUT2D eigenvalue weighted by atomic mass is 11.1. The van der Waals surface area contributed by atoms with Gasteiger partial charge in [0.1, 0.15) is 0 Å². The summed E-state index contributed by atoms with van der Waals surface area (Å²) < 4.78 is 3.71. The van der Waals surface area contributed by atoms with Crippen LogP contribution in [0.25, 0.3) is 0 Å². The van der Waals surface area contributed by atoms with Gasteiger partial charge in [-0.1, -0.05) is 0 Å². The van der Waals surface area contributed by atoms with Gasteiger partial charge in [0.25, 0.3) is 0 Å². The molecule has 0 saturated heterocycles. The molecular formula is C2H4NOP. The summed E-state index contributed by atoms with van der Waals surface area (Å²) in [7, 11) is 1.12. The highest BCUT2D eigenvalue weighted by Gasteiger charge is 1.67. The predicted octanol–water partition coefficient (Wildman–Crippen LogP) is 0.776. The van der Waals surface area contributed by atoms with Gasteiger partial charge in [0.2, 0.25) is 0 Å². The second-order valence-electron chi connectivity index (χ2n) is 0.529. The molecule has 0 saturated carbocycles. The first-order valence-electron chi connectivity index (χ1n) is 1.05. The summed E-state index contributed by atoms with van der Waals surface area (Å²) in [6.07, 6.45) is 1.79. The van der Waals surface area contributed by atoms with Crippen LogP contribution in [0.5, 0.6) is 0 Å². The molecule has 3 heteroatoms. The minimum atomic E-state index is 0. The zero-order valence-corrected chi connectivity index (χ0v) is 3.44. The maximum Gasteiger partial charge on any atom is 0.0388 e. The Hall–Kier alpha value is -0.200. The summed E-state index contributed by atoms with van der Waals surface area (Å²) in [5.41, 5.74) is 0.